The highest BCUT2D eigenvalue weighted by molar-refractivity contribution is 7.80. The summed E-state index contributed by atoms with van der Waals surface area (Å²) in [6, 6.07) is 14.8. The van der Waals surface area contributed by atoms with Crippen molar-refractivity contribution in [1.29, 1.82) is 0 Å². The minimum absolute atomic E-state index is 0.222. The molecule has 6 heteroatoms. The molecule has 128 valence electrons. The number of amides is 1. The molecule has 1 fully saturated rings. The molecular weight excluding hydrogens is 336 g/mol. The van der Waals surface area contributed by atoms with Crippen molar-refractivity contribution in [2.24, 2.45) is 0 Å². The summed E-state index contributed by atoms with van der Waals surface area (Å²) in [7, 11) is 1.60. The zero-order chi connectivity index (χ0) is 17.8. The smallest absolute Gasteiger partial charge is 0.281 e. The van der Waals surface area contributed by atoms with Gasteiger partial charge >= 0.3 is 0 Å². The fourth-order valence-corrected chi connectivity index (χ4v) is 2.86. The highest BCUT2D eigenvalue weighted by Gasteiger charge is 2.33. The Morgan fingerprint density at radius 1 is 1.20 bits per heavy atom. The Balaban J connectivity index is 1.94. The van der Waals surface area contributed by atoms with E-state index in [1.165, 1.54) is 4.90 Å². The first kappa shape index (κ1) is 17.0. The van der Waals surface area contributed by atoms with Gasteiger partial charge in [0, 0.05) is 0 Å². The Morgan fingerprint density at radius 2 is 2.00 bits per heavy atom. The van der Waals surface area contributed by atoms with Crippen molar-refractivity contribution in [2.45, 2.75) is 6.92 Å². The molecule has 3 rings (SSSR count). The van der Waals surface area contributed by atoms with E-state index in [4.69, 9.17) is 21.7 Å². The van der Waals surface area contributed by atoms with Gasteiger partial charge in [-0.15, -0.1) is 0 Å². The first-order valence-electron chi connectivity index (χ1n) is 7.87. The highest BCUT2D eigenvalue weighted by atomic mass is 32.1. The van der Waals surface area contributed by atoms with E-state index in [0.717, 1.165) is 11.3 Å². The number of nitrogens with one attached hydrogen (secondary N) is 1. The van der Waals surface area contributed by atoms with E-state index in [1.54, 1.807) is 13.2 Å². The van der Waals surface area contributed by atoms with Crippen molar-refractivity contribution in [2.75, 3.05) is 18.6 Å². The standard InChI is InChI=1S/C19H18N2O3S/c1-3-24-17-10-5-4-9-16(17)21-18(22)15(20-19(21)25)12-13-7-6-8-14(11-13)23-2/h4-12H,3H2,1-2H3,(H,20,25)/b15-12+. The van der Waals surface area contributed by atoms with Crippen LogP contribution in [0.4, 0.5) is 5.69 Å². The predicted molar refractivity (Wildman–Crippen MR) is 102 cm³/mol. The van der Waals surface area contributed by atoms with Crippen molar-refractivity contribution >= 4 is 35.0 Å². The van der Waals surface area contributed by atoms with E-state index >= 15 is 0 Å². The van der Waals surface area contributed by atoms with Crippen LogP contribution in [0.5, 0.6) is 11.5 Å². The third kappa shape index (κ3) is 3.49. The fourth-order valence-electron chi connectivity index (χ4n) is 2.57. The maximum absolute atomic E-state index is 12.9. The normalized spacial score (nSPS) is 15.4. The summed E-state index contributed by atoms with van der Waals surface area (Å²) >= 11 is 5.36. The van der Waals surface area contributed by atoms with Crippen LogP contribution in [0.25, 0.3) is 6.08 Å². The lowest BCUT2D eigenvalue weighted by Crippen LogP contribution is -2.30. The summed E-state index contributed by atoms with van der Waals surface area (Å²) < 4.78 is 10.8. The van der Waals surface area contributed by atoms with E-state index in [-0.39, 0.29) is 5.91 Å². The van der Waals surface area contributed by atoms with Gasteiger partial charge in [-0.3, -0.25) is 4.79 Å². The van der Waals surface area contributed by atoms with Crippen molar-refractivity contribution in [3.8, 4) is 11.5 Å². The summed E-state index contributed by atoms with van der Waals surface area (Å²) in [5.74, 6) is 1.12. The third-order valence-electron chi connectivity index (χ3n) is 3.69. The fraction of sp³-hybridized carbons (Fsp3) is 0.158. The summed E-state index contributed by atoms with van der Waals surface area (Å²) in [6.07, 6.45) is 1.75. The lowest BCUT2D eigenvalue weighted by Gasteiger charge is -2.17. The molecule has 0 aromatic heterocycles. The first-order valence-corrected chi connectivity index (χ1v) is 8.28. The number of carbonyl (C=O) groups is 1. The van der Waals surface area contributed by atoms with Gasteiger partial charge in [0.05, 0.1) is 19.4 Å². The Labute approximate surface area is 151 Å². The number of thiocarbonyl (C=S) groups is 1. The monoisotopic (exact) mass is 354 g/mol. The van der Waals surface area contributed by atoms with E-state index in [9.17, 15) is 4.79 Å². The lowest BCUT2D eigenvalue weighted by atomic mass is 10.1. The molecule has 2 aromatic rings. The van der Waals surface area contributed by atoms with Crippen LogP contribution in [0.2, 0.25) is 0 Å². The molecule has 0 unspecified atom stereocenters. The van der Waals surface area contributed by atoms with Crippen LogP contribution in [-0.2, 0) is 4.79 Å². The quantitative estimate of drug-likeness (QED) is 0.659. The predicted octanol–water partition coefficient (Wildman–Crippen LogP) is 3.36. The molecule has 0 saturated carbocycles. The van der Waals surface area contributed by atoms with Crippen LogP contribution in [0, 0.1) is 0 Å². The number of rotatable bonds is 5. The summed E-state index contributed by atoms with van der Waals surface area (Å²) in [6.45, 7) is 2.40. The molecule has 0 aliphatic carbocycles. The molecule has 0 spiro atoms. The molecule has 1 saturated heterocycles. The number of carbonyl (C=O) groups excluding carboxylic acids is 1. The second-order valence-corrected chi connectivity index (χ2v) is 5.69. The van der Waals surface area contributed by atoms with Gasteiger partial charge in [0.2, 0.25) is 0 Å². The molecule has 1 N–H and O–H groups in total. The Kier molecular flexibility index (Phi) is 5.00. The average Bonchev–Trinajstić information content (AvgIpc) is 2.89. The van der Waals surface area contributed by atoms with Crippen LogP contribution < -0.4 is 19.7 Å². The minimum atomic E-state index is -0.222. The van der Waals surface area contributed by atoms with Crippen LogP contribution in [0.3, 0.4) is 0 Å². The number of ether oxygens (including phenoxy) is 2. The molecular formula is C19H18N2O3S. The lowest BCUT2D eigenvalue weighted by molar-refractivity contribution is -0.113. The van der Waals surface area contributed by atoms with E-state index in [2.05, 4.69) is 5.32 Å². The molecule has 25 heavy (non-hydrogen) atoms. The van der Waals surface area contributed by atoms with Crippen molar-refractivity contribution in [1.82, 2.24) is 5.32 Å². The molecule has 0 radical (unpaired) electrons. The molecule has 1 amide bonds. The molecule has 0 bridgehead atoms. The van der Waals surface area contributed by atoms with E-state index < -0.39 is 0 Å². The van der Waals surface area contributed by atoms with Gasteiger partial charge in [0.1, 0.15) is 17.2 Å². The maximum atomic E-state index is 12.9. The van der Waals surface area contributed by atoms with Gasteiger partial charge in [0.15, 0.2) is 5.11 Å². The van der Waals surface area contributed by atoms with Crippen LogP contribution in [0.15, 0.2) is 54.2 Å². The summed E-state index contributed by atoms with van der Waals surface area (Å²) in [4.78, 5) is 14.3. The number of para-hydroxylation sites is 2. The molecule has 1 aliphatic heterocycles. The van der Waals surface area contributed by atoms with Crippen LogP contribution >= 0.6 is 12.2 Å². The zero-order valence-electron chi connectivity index (χ0n) is 14.0. The largest absolute Gasteiger partial charge is 0.497 e. The van der Waals surface area contributed by atoms with Gasteiger partial charge in [-0.2, -0.15) is 0 Å². The second-order valence-electron chi connectivity index (χ2n) is 5.31. The van der Waals surface area contributed by atoms with Crippen molar-refractivity contribution < 1.29 is 14.3 Å². The van der Waals surface area contributed by atoms with Crippen LogP contribution in [0.1, 0.15) is 12.5 Å². The number of hydrogen-bond acceptors (Lipinski definition) is 4. The van der Waals surface area contributed by atoms with Crippen molar-refractivity contribution in [3.63, 3.8) is 0 Å². The third-order valence-corrected chi connectivity index (χ3v) is 3.97. The van der Waals surface area contributed by atoms with Gasteiger partial charge in [0.25, 0.3) is 5.91 Å². The molecule has 0 atom stereocenters. The van der Waals surface area contributed by atoms with Gasteiger partial charge in [-0.25, -0.2) is 4.90 Å². The zero-order valence-corrected chi connectivity index (χ0v) is 14.8. The SMILES string of the molecule is CCOc1ccccc1N1C(=O)/C(=C\c2cccc(OC)c2)NC1=S. The first-order chi connectivity index (χ1) is 12.1. The molecule has 1 heterocycles. The van der Waals surface area contributed by atoms with Gasteiger partial charge in [-0.05, 0) is 55.0 Å². The minimum Gasteiger partial charge on any atom is -0.497 e. The van der Waals surface area contributed by atoms with E-state index in [0.29, 0.717) is 28.9 Å². The van der Waals surface area contributed by atoms with Crippen LogP contribution in [-0.4, -0.2) is 24.7 Å². The van der Waals surface area contributed by atoms with E-state index in [1.807, 2.05) is 55.5 Å². The molecule has 5 nitrogen and oxygen atoms in total. The Hall–Kier alpha value is -2.86. The Bertz CT molecular complexity index is 848. The number of methoxy groups -OCH3 is 1. The number of benzene rings is 2. The number of hydrogen-bond donors (Lipinski definition) is 1. The number of anilines is 1. The number of nitrogens with zero attached hydrogens (tertiary/aromatic N) is 1. The highest BCUT2D eigenvalue weighted by Crippen LogP contribution is 2.31. The maximum Gasteiger partial charge on any atom is 0.281 e. The summed E-state index contributed by atoms with van der Waals surface area (Å²) in [5, 5.41) is 3.31. The second kappa shape index (κ2) is 7.36. The van der Waals surface area contributed by atoms with Crippen molar-refractivity contribution in [3.05, 3.63) is 59.8 Å². The summed E-state index contributed by atoms with van der Waals surface area (Å²) in [5.41, 5.74) is 1.88. The van der Waals surface area contributed by atoms with Gasteiger partial charge in [-0.1, -0.05) is 24.3 Å². The molecule has 1 aliphatic rings. The van der Waals surface area contributed by atoms with Gasteiger partial charge < -0.3 is 14.8 Å². The molecule has 2 aromatic carbocycles. The Morgan fingerprint density at radius 3 is 2.76 bits per heavy atom. The topological polar surface area (TPSA) is 50.8 Å². The average molecular weight is 354 g/mol.